The van der Waals surface area contributed by atoms with E-state index in [1.807, 2.05) is 42.5 Å². The number of anilines is 2. The molecule has 6 heteroatoms. The molecule has 3 aromatic carbocycles. The summed E-state index contributed by atoms with van der Waals surface area (Å²) in [5.74, 6) is 2.56. The Labute approximate surface area is 220 Å². The molecular weight excluding hydrogens is 480 g/mol. The molecule has 0 unspecified atom stereocenters. The van der Waals surface area contributed by atoms with Gasteiger partial charge < -0.3 is 5.32 Å². The number of carbonyl (C=O) groups is 1. The molecule has 37 heavy (non-hydrogen) atoms. The highest BCUT2D eigenvalue weighted by Crippen LogP contribution is 2.60. The van der Waals surface area contributed by atoms with Gasteiger partial charge in [-0.3, -0.25) is 9.10 Å². The van der Waals surface area contributed by atoms with Gasteiger partial charge in [-0.1, -0.05) is 42.5 Å². The third-order valence-corrected chi connectivity index (χ3v) is 9.92. The fraction of sp³-hybridized carbons (Fsp3) is 0.387. The van der Waals surface area contributed by atoms with Gasteiger partial charge in [0.25, 0.3) is 5.91 Å². The van der Waals surface area contributed by atoms with Gasteiger partial charge in [0.05, 0.1) is 18.5 Å². The zero-order valence-electron chi connectivity index (χ0n) is 21.3. The molecular formula is C31H34N2O3S. The summed E-state index contributed by atoms with van der Waals surface area (Å²) < 4.78 is 26.1. The molecule has 5 nitrogen and oxygen atoms in total. The van der Waals surface area contributed by atoms with Crippen molar-refractivity contribution in [2.75, 3.05) is 15.9 Å². The number of hydrogen-bond donors (Lipinski definition) is 1. The third kappa shape index (κ3) is 4.91. The summed E-state index contributed by atoms with van der Waals surface area (Å²) in [6.07, 6.45) is 9.50. The van der Waals surface area contributed by atoms with Crippen molar-refractivity contribution in [1.29, 1.82) is 0 Å². The molecule has 4 bridgehead atoms. The van der Waals surface area contributed by atoms with E-state index in [4.69, 9.17) is 0 Å². The van der Waals surface area contributed by atoms with Crippen LogP contribution in [0.2, 0.25) is 0 Å². The summed E-state index contributed by atoms with van der Waals surface area (Å²) >= 11 is 0. The second-order valence-electron chi connectivity index (χ2n) is 11.5. The number of nitrogens with one attached hydrogen (secondary N) is 1. The van der Waals surface area contributed by atoms with E-state index in [1.54, 1.807) is 24.3 Å². The van der Waals surface area contributed by atoms with E-state index in [0.717, 1.165) is 29.0 Å². The van der Waals surface area contributed by atoms with Crippen molar-refractivity contribution in [2.45, 2.75) is 50.5 Å². The second kappa shape index (κ2) is 9.32. The zero-order chi connectivity index (χ0) is 25.6. The molecule has 7 rings (SSSR count). The molecule has 0 spiro atoms. The van der Waals surface area contributed by atoms with Crippen LogP contribution >= 0.6 is 0 Å². The SMILES string of the molecule is CS(=O)(=O)N(Cc1ccc(C(=O)Nc2ccc(C34CC5CC(CC(C5)C3)C4)cc2)cc1)c1ccccc1. The first-order chi connectivity index (χ1) is 17.8. The monoisotopic (exact) mass is 514 g/mol. The van der Waals surface area contributed by atoms with Crippen molar-refractivity contribution in [2.24, 2.45) is 17.8 Å². The quantitative estimate of drug-likeness (QED) is 0.398. The normalized spacial score (nSPS) is 26.1. The minimum atomic E-state index is -3.45. The zero-order valence-corrected chi connectivity index (χ0v) is 22.1. The molecule has 0 saturated heterocycles. The lowest BCUT2D eigenvalue weighted by molar-refractivity contribution is -0.00518. The molecule has 192 valence electrons. The van der Waals surface area contributed by atoms with Crippen molar-refractivity contribution in [3.05, 3.63) is 95.6 Å². The molecule has 0 atom stereocenters. The highest BCUT2D eigenvalue weighted by atomic mass is 32.2. The number of carbonyl (C=O) groups excluding carboxylic acids is 1. The van der Waals surface area contributed by atoms with Crippen LogP contribution < -0.4 is 9.62 Å². The van der Waals surface area contributed by atoms with Gasteiger partial charge in [-0.25, -0.2) is 8.42 Å². The molecule has 4 fully saturated rings. The highest BCUT2D eigenvalue weighted by Gasteiger charge is 2.51. The fourth-order valence-electron chi connectivity index (χ4n) is 7.50. The van der Waals surface area contributed by atoms with Gasteiger partial charge in [0.15, 0.2) is 0 Å². The minimum absolute atomic E-state index is 0.169. The summed E-state index contributed by atoms with van der Waals surface area (Å²) in [4.78, 5) is 12.9. The third-order valence-electron chi connectivity index (χ3n) is 8.78. The molecule has 1 amide bonds. The van der Waals surface area contributed by atoms with Crippen molar-refractivity contribution in [3.8, 4) is 0 Å². The van der Waals surface area contributed by atoms with Crippen molar-refractivity contribution >= 4 is 27.3 Å². The highest BCUT2D eigenvalue weighted by molar-refractivity contribution is 7.92. The summed E-state index contributed by atoms with van der Waals surface area (Å²) in [6, 6.07) is 24.7. The van der Waals surface area contributed by atoms with E-state index in [9.17, 15) is 13.2 Å². The number of sulfonamides is 1. The Kier molecular flexibility index (Phi) is 6.10. The van der Waals surface area contributed by atoms with E-state index in [-0.39, 0.29) is 12.5 Å². The maximum Gasteiger partial charge on any atom is 0.255 e. The van der Waals surface area contributed by atoms with Gasteiger partial charge in [-0.05, 0) is 109 Å². The molecule has 0 heterocycles. The van der Waals surface area contributed by atoms with E-state index in [1.165, 1.54) is 54.6 Å². The van der Waals surface area contributed by atoms with Gasteiger partial charge in [0.2, 0.25) is 10.0 Å². The van der Waals surface area contributed by atoms with Crippen LogP contribution in [-0.4, -0.2) is 20.6 Å². The molecule has 4 aliphatic carbocycles. The predicted molar refractivity (Wildman–Crippen MR) is 148 cm³/mol. The van der Waals surface area contributed by atoms with Gasteiger partial charge in [0, 0.05) is 11.3 Å². The molecule has 1 N–H and O–H groups in total. The standard InChI is InChI=1S/C31H34N2O3S/c1-37(35,36)33(29-5-3-2-4-6-29)21-22-7-9-26(10-8-22)30(34)32-28-13-11-27(12-14-28)31-18-23-15-24(19-31)17-25(16-23)20-31/h2-14,23-25H,15-21H2,1H3,(H,32,34). The van der Waals surface area contributed by atoms with Crippen LogP contribution in [0.5, 0.6) is 0 Å². The Morgan fingerprint density at radius 3 is 1.95 bits per heavy atom. The molecule has 4 aliphatic rings. The smallest absolute Gasteiger partial charge is 0.255 e. The van der Waals surface area contributed by atoms with Crippen molar-refractivity contribution in [3.63, 3.8) is 0 Å². The van der Waals surface area contributed by atoms with Crippen LogP contribution in [-0.2, 0) is 22.0 Å². The minimum Gasteiger partial charge on any atom is -0.322 e. The first-order valence-electron chi connectivity index (χ1n) is 13.3. The number of benzene rings is 3. The van der Waals surface area contributed by atoms with Gasteiger partial charge in [-0.15, -0.1) is 0 Å². The molecule has 0 radical (unpaired) electrons. The number of para-hydroxylation sites is 1. The Hall–Kier alpha value is -3.12. The summed E-state index contributed by atoms with van der Waals surface area (Å²) in [5, 5.41) is 3.02. The van der Waals surface area contributed by atoms with Crippen molar-refractivity contribution < 1.29 is 13.2 Å². The van der Waals surface area contributed by atoms with E-state index in [2.05, 4.69) is 17.4 Å². The Balaban J connectivity index is 1.12. The number of nitrogens with zero attached hydrogens (tertiary/aromatic N) is 1. The van der Waals surface area contributed by atoms with Crippen LogP contribution in [0, 0.1) is 17.8 Å². The first-order valence-corrected chi connectivity index (χ1v) is 15.2. The van der Waals surface area contributed by atoms with Crippen LogP contribution in [0.1, 0.15) is 60.0 Å². The van der Waals surface area contributed by atoms with Crippen LogP contribution in [0.15, 0.2) is 78.9 Å². The molecule has 3 aromatic rings. The number of amides is 1. The van der Waals surface area contributed by atoms with Gasteiger partial charge >= 0.3 is 0 Å². The average Bonchev–Trinajstić information content (AvgIpc) is 2.87. The molecule has 0 aliphatic heterocycles. The largest absolute Gasteiger partial charge is 0.322 e. The predicted octanol–water partition coefficient (Wildman–Crippen LogP) is 6.37. The Morgan fingerprint density at radius 2 is 1.41 bits per heavy atom. The van der Waals surface area contributed by atoms with Crippen LogP contribution in [0.25, 0.3) is 0 Å². The lowest BCUT2D eigenvalue weighted by Crippen LogP contribution is -2.48. The lowest BCUT2D eigenvalue weighted by atomic mass is 9.48. The summed E-state index contributed by atoms with van der Waals surface area (Å²) in [7, 11) is -3.45. The maximum atomic E-state index is 12.9. The van der Waals surface area contributed by atoms with E-state index >= 15 is 0 Å². The average molecular weight is 515 g/mol. The summed E-state index contributed by atoms with van der Waals surface area (Å²) in [5.41, 5.74) is 4.57. The topological polar surface area (TPSA) is 66.5 Å². The number of rotatable bonds is 7. The number of hydrogen-bond acceptors (Lipinski definition) is 3. The fourth-order valence-corrected chi connectivity index (χ4v) is 8.38. The maximum absolute atomic E-state index is 12.9. The first kappa shape index (κ1) is 24.2. The van der Waals surface area contributed by atoms with E-state index < -0.39 is 10.0 Å². The van der Waals surface area contributed by atoms with E-state index in [0.29, 0.717) is 16.7 Å². The Morgan fingerprint density at radius 1 is 0.838 bits per heavy atom. The summed E-state index contributed by atoms with van der Waals surface area (Å²) in [6.45, 7) is 0.205. The van der Waals surface area contributed by atoms with Crippen LogP contribution in [0.4, 0.5) is 11.4 Å². The second-order valence-corrected chi connectivity index (χ2v) is 13.4. The lowest BCUT2D eigenvalue weighted by Gasteiger charge is -2.57. The van der Waals surface area contributed by atoms with Gasteiger partial charge in [-0.2, -0.15) is 0 Å². The van der Waals surface area contributed by atoms with Crippen LogP contribution in [0.3, 0.4) is 0 Å². The molecule has 4 saturated carbocycles. The molecule has 0 aromatic heterocycles. The van der Waals surface area contributed by atoms with Gasteiger partial charge in [0.1, 0.15) is 0 Å². The van der Waals surface area contributed by atoms with Crippen molar-refractivity contribution in [1.82, 2.24) is 0 Å². The Bertz CT molecular complexity index is 1350.